The van der Waals surface area contributed by atoms with Gasteiger partial charge < -0.3 is 10.1 Å². The molecular weight excluding hydrogens is 290 g/mol. The fraction of sp³-hybridized carbons (Fsp3) is 0.588. The van der Waals surface area contributed by atoms with Gasteiger partial charge in [0.1, 0.15) is 11.6 Å². The number of rotatable bonds is 6. The highest BCUT2D eigenvalue weighted by molar-refractivity contribution is 5.37. The molecule has 1 unspecified atom stereocenters. The third-order valence-electron chi connectivity index (χ3n) is 4.40. The lowest BCUT2D eigenvalue weighted by Crippen LogP contribution is -2.09. The van der Waals surface area contributed by atoms with Gasteiger partial charge in [-0.3, -0.25) is 5.10 Å². The first-order chi connectivity index (χ1) is 11.1. The Kier molecular flexibility index (Phi) is 4.91. The van der Waals surface area contributed by atoms with E-state index in [1.165, 1.54) is 11.3 Å². The second kappa shape index (κ2) is 7.08. The van der Waals surface area contributed by atoms with Crippen LogP contribution in [0.25, 0.3) is 0 Å². The monoisotopic (exact) mass is 315 g/mol. The maximum Gasteiger partial charge on any atom is 0.129 e. The van der Waals surface area contributed by atoms with Gasteiger partial charge in [-0.2, -0.15) is 5.10 Å². The van der Waals surface area contributed by atoms with E-state index < -0.39 is 0 Å². The second-order valence-electron chi connectivity index (χ2n) is 6.23. The van der Waals surface area contributed by atoms with Crippen LogP contribution in [0, 0.1) is 20.8 Å². The van der Waals surface area contributed by atoms with Crippen LogP contribution in [-0.2, 0) is 11.2 Å². The Morgan fingerprint density at radius 2 is 2.17 bits per heavy atom. The number of nitrogens with one attached hydrogen (secondary N) is 2. The summed E-state index contributed by atoms with van der Waals surface area (Å²) in [4.78, 5) is 9.06. The van der Waals surface area contributed by atoms with Gasteiger partial charge in [-0.25, -0.2) is 9.97 Å². The summed E-state index contributed by atoms with van der Waals surface area (Å²) in [6.07, 6.45) is 3.12. The summed E-state index contributed by atoms with van der Waals surface area (Å²) in [6.45, 7) is 8.57. The van der Waals surface area contributed by atoms with Crippen molar-refractivity contribution in [2.24, 2.45) is 0 Å². The fourth-order valence-corrected chi connectivity index (χ4v) is 3.08. The van der Waals surface area contributed by atoms with Crippen molar-refractivity contribution in [1.82, 2.24) is 20.2 Å². The third-order valence-corrected chi connectivity index (χ3v) is 4.40. The van der Waals surface area contributed by atoms with Crippen LogP contribution < -0.4 is 5.32 Å². The van der Waals surface area contributed by atoms with Crippen molar-refractivity contribution in [2.45, 2.75) is 46.0 Å². The normalized spacial score (nSPS) is 17.6. The lowest BCUT2D eigenvalue weighted by atomic mass is 10.0. The number of hydrogen-bond acceptors (Lipinski definition) is 5. The first kappa shape index (κ1) is 15.9. The van der Waals surface area contributed by atoms with Gasteiger partial charge in [0.2, 0.25) is 0 Å². The van der Waals surface area contributed by atoms with Crippen LogP contribution in [0.5, 0.6) is 0 Å². The fourth-order valence-electron chi connectivity index (χ4n) is 3.08. The predicted octanol–water partition coefficient (Wildman–Crippen LogP) is 2.67. The van der Waals surface area contributed by atoms with Crippen LogP contribution in [0.4, 0.5) is 5.82 Å². The van der Waals surface area contributed by atoms with Gasteiger partial charge in [-0.15, -0.1) is 0 Å². The smallest absolute Gasteiger partial charge is 0.129 e. The molecule has 0 saturated carbocycles. The van der Waals surface area contributed by atoms with E-state index in [4.69, 9.17) is 4.74 Å². The number of hydrogen-bond donors (Lipinski definition) is 2. The van der Waals surface area contributed by atoms with E-state index in [2.05, 4.69) is 45.4 Å². The van der Waals surface area contributed by atoms with Gasteiger partial charge in [0, 0.05) is 30.8 Å². The summed E-state index contributed by atoms with van der Waals surface area (Å²) in [5, 5.41) is 10.7. The minimum Gasteiger partial charge on any atom is -0.381 e. The molecule has 0 spiro atoms. The Bertz CT molecular complexity index is 641. The van der Waals surface area contributed by atoms with Crippen molar-refractivity contribution in [3.63, 3.8) is 0 Å². The lowest BCUT2D eigenvalue weighted by Gasteiger charge is -2.11. The van der Waals surface area contributed by atoms with Gasteiger partial charge in [-0.05, 0) is 45.6 Å². The number of aryl methyl sites for hydroxylation is 3. The Balaban J connectivity index is 1.55. The molecule has 1 aliphatic heterocycles. The summed E-state index contributed by atoms with van der Waals surface area (Å²) in [5.74, 6) is 2.15. The molecule has 124 valence electrons. The average molecular weight is 315 g/mol. The summed E-state index contributed by atoms with van der Waals surface area (Å²) in [5.41, 5.74) is 4.70. The van der Waals surface area contributed by atoms with Crippen molar-refractivity contribution in [1.29, 1.82) is 0 Å². The molecular formula is C17H25N5O. The molecule has 0 radical (unpaired) electrons. The first-order valence-corrected chi connectivity index (χ1v) is 8.31. The van der Waals surface area contributed by atoms with Crippen LogP contribution in [0.3, 0.4) is 0 Å². The molecule has 1 fully saturated rings. The molecule has 23 heavy (non-hydrogen) atoms. The van der Waals surface area contributed by atoms with Crippen molar-refractivity contribution >= 4 is 5.82 Å². The van der Waals surface area contributed by atoms with E-state index in [1.807, 2.05) is 6.92 Å². The van der Waals surface area contributed by atoms with Gasteiger partial charge in [0.05, 0.1) is 18.0 Å². The van der Waals surface area contributed by atoms with Crippen LogP contribution >= 0.6 is 0 Å². The van der Waals surface area contributed by atoms with Crippen molar-refractivity contribution in [2.75, 3.05) is 25.1 Å². The molecule has 0 aromatic carbocycles. The average Bonchev–Trinajstić information content (AvgIpc) is 3.15. The van der Waals surface area contributed by atoms with E-state index in [0.29, 0.717) is 5.92 Å². The molecule has 1 atom stereocenters. The molecule has 0 bridgehead atoms. The zero-order valence-corrected chi connectivity index (χ0v) is 14.1. The highest BCUT2D eigenvalue weighted by Gasteiger charge is 2.20. The molecule has 3 heterocycles. The van der Waals surface area contributed by atoms with E-state index in [-0.39, 0.29) is 0 Å². The number of ether oxygens (including phenoxy) is 1. The van der Waals surface area contributed by atoms with Crippen LogP contribution in [0.2, 0.25) is 0 Å². The van der Waals surface area contributed by atoms with E-state index in [9.17, 15) is 0 Å². The number of nitrogens with zero attached hydrogens (tertiary/aromatic N) is 3. The minimum atomic E-state index is 0.411. The Morgan fingerprint density at radius 3 is 2.87 bits per heavy atom. The topological polar surface area (TPSA) is 75.7 Å². The van der Waals surface area contributed by atoms with Crippen molar-refractivity contribution in [3.8, 4) is 0 Å². The standard InChI is InChI=1S/C17H25N5O/c1-11-15(12(2)22-21-11)5-4-7-18-17-9-16(19-13(3)20-17)14-6-8-23-10-14/h9,14H,4-8,10H2,1-3H3,(H,21,22)(H,18,19,20). The zero-order chi connectivity index (χ0) is 16.2. The van der Waals surface area contributed by atoms with Crippen LogP contribution in [0.15, 0.2) is 6.07 Å². The number of H-pyrrole nitrogens is 1. The molecule has 0 amide bonds. The summed E-state index contributed by atoms with van der Waals surface area (Å²) < 4.78 is 5.46. The molecule has 2 aromatic rings. The van der Waals surface area contributed by atoms with Crippen LogP contribution in [-0.4, -0.2) is 39.9 Å². The number of aromatic nitrogens is 4. The SMILES string of the molecule is Cc1nc(NCCCc2c(C)n[nH]c2C)cc(C2CCOC2)n1. The van der Waals surface area contributed by atoms with Crippen molar-refractivity contribution < 1.29 is 4.74 Å². The molecule has 6 nitrogen and oxygen atoms in total. The quantitative estimate of drug-likeness (QED) is 0.802. The summed E-state index contributed by atoms with van der Waals surface area (Å²) in [6, 6.07) is 2.07. The third kappa shape index (κ3) is 3.88. The maximum atomic E-state index is 5.46. The summed E-state index contributed by atoms with van der Waals surface area (Å²) in [7, 11) is 0. The van der Waals surface area contributed by atoms with Gasteiger partial charge in [0.25, 0.3) is 0 Å². The van der Waals surface area contributed by atoms with Gasteiger partial charge >= 0.3 is 0 Å². The van der Waals surface area contributed by atoms with E-state index in [0.717, 1.165) is 62.1 Å². The highest BCUT2D eigenvalue weighted by atomic mass is 16.5. The maximum absolute atomic E-state index is 5.46. The highest BCUT2D eigenvalue weighted by Crippen LogP contribution is 2.25. The zero-order valence-electron chi connectivity index (χ0n) is 14.1. The lowest BCUT2D eigenvalue weighted by molar-refractivity contribution is 0.193. The van der Waals surface area contributed by atoms with Crippen molar-refractivity contribution in [3.05, 3.63) is 34.5 Å². The summed E-state index contributed by atoms with van der Waals surface area (Å²) >= 11 is 0. The predicted molar refractivity (Wildman–Crippen MR) is 89.8 cm³/mol. The molecule has 0 aliphatic carbocycles. The number of aromatic amines is 1. The molecule has 1 aliphatic rings. The second-order valence-corrected chi connectivity index (χ2v) is 6.23. The van der Waals surface area contributed by atoms with Crippen LogP contribution in [0.1, 0.15) is 47.2 Å². The number of anilines is 1. The minimum absolute atomic E-state index is 0.411. The largest absolute Gasteiger partial charge is 0.381 e. The Hall–Kier alpha value is -1.95. The molecule has 2 aromatic heterocycles. The van der Waals surface area contributed by atoms with Gasteiger partial charge in [-0.1, -0.05) is 0 Å². The molecule has 1 saturated heterocycles. The molecule has 2 N–H and O–H groups in total. The molecule has 3 rings (SSSR count). The van der Waals surface area contributed by atoms with E-state index in [1.54, 1.807) is 0 Å². The van der Waals surface area contributed by atoms with Gasteiger partial charge in [0.15, 0.2) is 0 Å². The molecule has 6 heteroatoms. The Morgan fingerprint density at radius 1 is 1.30 bits per heavy atom. The first-order valence-electron chi connectivity index (χ1n) is 8.31. The van der Waals surface area contributed by atoms with E-state index >= 15 is 0 Å². The Labute approximate surface area is 137 Å².